The fourth-order valence-corrected chi connectivity index (χ4v) is 3.55. The number of ether oxygens (including phenoxy) is 1. The highest BCUT2D eigenvalue weighted by molar-refractivity contribution is 7.99. The zero-order chi connectivity index (χ0) is 15.0. The first kappa shape index (κ1) is 14.4. The number of aromatic nitrogens is 2. The van der Waals surface area contributed by atoms with Crippen LogP contribution in [0.1, 0.15) is 24.4 Å². The molecule has 112 valence electrons. The van der Waals surface area contributed by atoms with Crippen LogP contribution >= 0.6 is 11.8 Å². The van der Waals surface area contributed by atoms with Crippen molar-refractivity contribution in [1.82, 2.24) is 9.55 Å². The van der Waals surface area contributed by atoms with Gasteiger partial charge in [0.15, 0.2) is 5.16 Å². The maximum absolute atomic E-state index is 10.8. The van der Waals surface area contributed by atoms with Crippen LogP contribution in [0.3, 0.4) is 0 Å². The second-order valence-electron chi connectivity index (χ2n) is 5.37. The summed E-state index contributed by atoms with van der Waals surface area (Å²) in [5, 5.41) is 9.70. The van der Waals surface area contributed by atoms with Gasteiger partial charge in [-0.1, -0.05) is 23.9 Å². The highest BCUT2D eigenvalue weighted by atomic mass is 32.2. The summed E-state index contributed by atoms with van der Waals surface area (Å²) in [6.07, 6.45) is 2.21. The Morgan fingerprint density at radius 3 is 2.95 bits per heavy atom. The minimum Gasteiger partial charge on any atom is -0.481 e. The molecule has 1 saturated carbocycles. The first-order valence-electron chi connectivity index (χ1n) is 6.95. The van der Waals surface area contributed by atoms with Gasteiger partial charge in [-0.3, -0.25) is 4.79 Å². The molecule has 0 amide bonds. The molecule has 6 heteroatoms. The smallest absolute Gasteiger partial charge is 0.313 e. The maximum Gasteiger partial charge on any atom is 0.313 e. The summed E-state index contributed by atoms with van der Waals surface area (Å²) < 4.78 is 7.54. The van der Waals surface area contributed by atoms with Crippen molar-refractivity contribution < 1.29 is 14.6 Å². The van der Waals surface area contributed by atoms with Crippen LogP contribution in [0.2, 0.25) is 0 Å². The topological polar surface area (TPSA) is 64.3 Å². The van der Waals surface area contributed by atoms with Gasteiger partial charge in [0.1, 0.15) is 0 Å². The molecular formula is C15H18N2O3S. The molecule has 0 saturated heterocycles. The van der Waals surface area contributed by atoms with Crippen molar-refractivity contribution >= 4 is 28.8 Å². The molecule has 0 spiro atoms. The van der Waals surface area contributed by atoms with Gasteiger partial charge in [-0.15, -0.1) is 0 Å². The van der Waals surface area contributed by atoms with Gasteiger partial charge in [0.05, 0.1) is 22.9 Å². The van der Waals surface area contributed by atoms with Gasteiger partial charge in [-0.25, -0.2) is 4.98 Å². The molecule has 1 aliphatic rings. The summed E-state index contributed by atoms with van der Waals surface area (Å²) in [5.41, 5.74) is 3.17. The van der Waals surface area contributed by atoms with Crippen molar-refractivity contribution in [2.24, 2.45) is 0 Å². The van der Waals surface area contributed by atoms with E-state index in [4.69, 9.17) is 9.84 Å². The van der Waals surface area contributed by atoms with Crippen LogP contribution in [0, 0.1) is 6.92 Å². The average molecular weight is 306 g/mol. The van der Waals surface area contributed by atoms with Gasteiger partial charge in [0, 0.05) is 13.2 Å². The predicted octanol–water partition coefficient (Wildman–Crippen LogP) is 2.87. The number of rotatable bonds is 5. The van der Waals surface area contributed by atoms with Gasteiger partial charge < -0.3 is 14.4 Å². The molecule has 0 radical (unpaired) electrons. The van der Waals surface area contributed by atoms with Gasteiger partial charge in [-0.05, 0) is 31.4 Å². The molecular weight excluding hydrogens is 288 g/mol. The zero-order valence-electron chi connectivity index (χ0n) is 12.1. The number of carbonyl (C=O) groups is 1. The average Bonchev–Trinajstić information content (AvgIpc) is 2.76. The number of hydrogen-bond donors (Lipinski definition) is 1. The minimum absolute atomic E-state index is 0.0306. The number of para-hydroxylation sites is 1. The van der Waals surface area contributed by atoms with Gasteiger partial charge in [0.25, 0.3) is 0 Å². The molecule has 0 atom stereocenters. The number of imidazole rings is 1. The summed E-state index contributed by atoms with van der Waals surface area (Å²) >= 11 is 1.29. The molecule has 21 heavy (non-hydrogen) atoms. The summed E-state index contributed by atoms with van der Waals surface area (Å²) in [6.45, 7) is 2.03. The third-order valence-electron chi connectivity index (χ3n) is 3.98. The molecule has 1 fully saturated rings. The molecule has 0 bridgehead atoms. The van der Waals surface area contributed by atoms with Crippen molar-refractivity contribution in [1.29, 1.82) is 0 Å². The monoisotopic (exact) mass is 306 g/mol. The molecule has 1 aromatic heterocycles. The van der Waals surface area contributed by atoms with E-state index >= 15 is 0 Å². The number of carboxylic acids is 1. The lowest BCUT2D eigenvalue weighted by Gasteiger charge is -2.36. The van der Waals surface area contributed by atoms with E-state index in [9.17, 15) is 4.79 Å². The predicted molar refractivity (Wildman–Crippen MR) is 81.9 cm³/mol. The standard InChI is InChI=1S/C15H18N2O3S/c1-9-4-3-5-12-14(9)16-15(21-8-13(18)19)17(12)10-6-11(7-10)20-2/h3-5,10-11H,6-8H2,1-2H3,(H,18,19). The third kappa shape index (κ3) is 2.65. The van der Waals surface area contributed by atoms with E-state index in [1.807, 2.05) is 19.1 Å². The van der Waals surface area contributed by atoms with Crippen molar-refractivity contribution in [2.45, 2.75) is 37.1 Å². The number of aryl methyl sites for hydroxylation is 1. The van der Waals surface area contributed by atoms with Crippen LogP contribution in [-0.4, -0.2) is 39.6 Å². The van der Waals surface area contributed by atoms with Crippen LogP contribution in [0.5, 0.6) is 0 Å². The summed E-state index contributed by atoms with van der Waals surface area (Å²) in [6, 6.07) is 6.45. The van der Waals surface area contributed by atoms with Crippen molar-refractivity contribution in [3.63, 3.8) is 0 Å². The summed E-state index contributed by atoms with van der Waals surface area (Å²) in [5.74, 6) is -0.790. The Bertz CT molecular complexity index is 677. The van der Waals surface area contributed by atoms with Crippen molar-refractivity contribution in [3.8, 4) is 0 Å². The Kier molecular flexibility index (Phi) is 3.91. The molecule has 5 nitrogen and oxygen atoms in total. The van der Waals surface area contributed by atoms with Crippen LogP contribution in [0.25, 0.3) is 11.0 Å². The van der Waals surface area contributed by atoms with E-state index < -0.39 is 5.97 Å². The maximum atomic E-state index is 10.8. The highest BCUT2D eigenvalue weighted by Crippen LogP contribution is 2.40. The summed E-state index contributed by atoms with van der Waals surface area (Å²) in [7, 11) is 1.73. The lowest BCUT2D eigenvalue weighted by atomic mass is 9.89. The highest BCUT2D eigenvalue weighted by Gasteiger charge is 2.33. The lowest BCUT2D eigenvalue weighted by molar-refractivity contribution is -0.133. The first-order chi connectivity index (χ1) is 10.1. The van der Waals surface area contributed by atoms with Crippen molar-refractivity contribution in [3.05, 3.63) is 23.8 Å². The normalized spacial score (nSPS) is 21.4. The van der Waals surface area contributed by atoms with E-state index in [1.54, 1.807) is 7.11 Å². The van der Waals surface area contributed by atoms with Gasteiger partial charge in [-0.2, -0.15) is 0 Å². The Morgan fingerprint density at radius 1 is 1.52 bits per heavy atom. The second kappa shape index (κ2) is 5.69. The zero-order valence-corrected chi connectivity index (χ0v) is 12.9. The fraction of sp³-hybridized carbons (Fsp3) is 0.467. The van der Waals surface area contributed by atoms with Crippen LogP contribution in [0.4, 0.5) is 0 Å². The van der Waals surface area contributed by atoms with Crippen LogP contribution in [-0.2, 0) is 9.53 Å². The number of thioether (sulfide) groups is 1. The Balaban J connectivity index is 1.99. The van der Waals surface area contributed by atoms with Crippen LogP contribution in [0.15, 0.2) is 23.4 Å². The summed E-state index contributed by atoms with van der Waals surface area (Å²) in [4.78, 5) is 15.5. The Hall–Kier alpha value is -1.53. The van der Waals surface area contributed by atoms with E-state index in [2.05, 4.69) is 15.6 Å². The lowest BCUT2D eigenvalue weighted by Crippen LogP contribution is -2.32. The number of benzene rings is 1. The van der Waals surface area contributed by atoms with Crippen molar-refractivity contribution in [2.75, 3.05) is 12.9 Å². The number of fused-ring (bicyclic) bond motifs is 1. The quantitative estimate of drug-likeness (QED) is 0.861. The van der Waals surface area contributed by atoms with Crippen LogP contribution < -0.4 is 0 Å². The number of hydrogen-bond acceptors (Lipinski definition) is 4. The SMILES string of the molecule is COC1CC(n2c(SCC(=O)O)nc3c(C)cccc32)C1. The van der Waals surface area contributed by atoms with E-state index in [-0.39, 0.29) is 5.75 Å². The number of methoxy groups -OCH3 is 1. The van der Waals surface area contributed by atoms with E-state index in [0.717, 1.165) is 34.6 Å². The molecule has 2 aromatic rings. The first-order valence-corrected chi connectivity index (χ1v) is 7.93. The van der Waals surface area contributed by atoms with Gasteiger partial charge >= 0.3 is 5.97 Å². The molecule has 3 rings (SSSR count). The largest absolute Gasteiger partial charge is 0.481 e. The Morgan fingerprint density at radius 2 is 2.29 bits per heavy atom. The minimum atomic E-state index is -0.821. The van der Waals surface area contributed by atoms with E-state index in [1.165, 1.54) is 11.8 Å². The van der Waals surface area contributed by atoms with E-state index in [0.29, 0.717) is 12.1 Å². The molecule has 1 aliphatic carbocycles. The molecule has 0 unspecified atom stereocenters. The third-order valence-corrected chi connectivity index (χ3v) is 4.92. The number of carboxylic acid groups (broad SMARTS) is 1. The molecule has 0 aliphatic heterocycles. The molecule has 1 aromatic carbocycles. The Labute approximate surface area is 127 Å². The fourth-order valence-electron chi connectivity index (χ4n) is 2.76. The second-order valence-corrected chi connectivity index (χ2v) is 6.31. The van der Waals surface area contributed by atoms with Gasteiger partial charge in [0.2, 0.25) is 0 Å². The molecule has 1 N–H and O–H groups in total. The molecule has 1 heterocycles. The number of nitrogens with zero attached hydrogens (tertiary/aromatic N) is 2. The number of aliphatic carboxylic acids is 1.